The summed E-state index contributed by atoms with van der Waals surface area (Å²) in [5, 5.41) is 0. The molecule has 2 atom stereocenters. The van der Waals surface area contributed by atoms with Gasteiger partial charge in [0.1, 0.15) is 5.60 Å². The van der Waals surface area contributed by atoms with Gasteiger partial charge in [0.15, 0.2) is 0 Å². The van der Waals surface area contributed by atoms with E-state index in [1.807, 2.05) is 32.9 Å². The highest BCUT2D eigenvalue weighted by atomic mass is 16.6. The first kappa shape index (κ1) is 13.0. The molecule has 0 amide bonds. The van der Waals surface area contributed by atoms with Crippen LogP contribution in [0.25, 0.3) is 0 Å². The molecule has 16 heavy (non-hydrogen) atoms. The summed E-state index contributed by atoms with van der Waals surface area (Å²) in [6, 6.07) is 0. The molecular weight excluding hydrogens is 204 g/mol. The van der Waals surface area contributed by atoms with E-state index in [2.05, 4.69) is 0 Å². The van der Waals surface area contributed by atoms with Crippen LogP contribution in [0.3, 0.4) is 0 Å². The number of hydrogen-bond donors (Lipinski definition) is 0. The fourth-order valence-corrected chi connectivity index (χ4v) is 1.64. The van der Waals surface area contributed by atoms with Gasteiger partial charge < -0.3 is 9.47 Å². The lowest BCUT2D eigenvalue weighted by Gasteiger charge is -2.03. The molecule has 1 heterocycles. The van der Waals surface area contributed by atoms with Crippen LogP contribution in [0.2, 0.25) is 0 Å². The first-order valence-corrected chi connectivity index (χ1v) is 5.61. The minimum atomic E-state index is -0.259. The summed E-state index contributed by atoms with van der Waals surface area (Å²) in [5.74, 6) is -0.259. The highest BCUT2D eigenvalue weighted by molar-refractivity contribution is 5.88. The van der Waals surface area contributed by atoms with Gasteiger partial charge in [0.25, 0.3) is 0 Å². The average Bonchev–Trinajstić information content (AvgIpc) is 2.73. The fourth-order valence-electron chi connectivity index (χ4n) is 1.64. The van der Waals surface area contributed by atoms with E-state index in [-0.39, 0.29) is 17.7 Å². The van der Waals surface area contributed by atoms with E-state index < -0.39 is 0 Å². The molecule has 1 aliphatic rings. The first-order chi connectivity index (χ1) is 7.39. The van der Waals surface area contributed by atoms with Crippen molar-refractivity contribution in [3.8, 4) is 0 Å². The molecule has 0 aromatic heterocycles. The zero-order valence-corrected chi connectivity index (χ0v) is 10.7. The van der Waals surface area contributed by atoms with E-state index >= 15 is 0 Å². The van der Waals surface area contributed by atoms with E-state index in [1.54, 1.807) is 13.8 Å². The third kappa shape index (κ3) is 3.20. The standard InChI is InChI=1S/C13H20O3/c1-6-15-12(14)10(3)7-9(2)8-13(5)11(4)16-13/h7-8,11H,6H2,1-5H3/b9-8+,10-7+/t11-,13-/m1/s1. The summed E-state index contributed by atoms with van der Waals surface area (Å²) in [7, 11) is 0. The van der Waals surface area contributed by atoms with Gasteiger partial charge in [0, 0.05) is 5.57 Å². The number of esters is 1. The molecule has 0 aromatic rings. The first-order valence-electron chi connectivity index (χ1n) is 5.61. The third-order valence-corrected chi connectivity index (χ3v) is 2.74. The maximum Gasteiger partial charge on any atom is 0.333 e. The molecule has 0 unspecified atom stereocenters. The molecule has 0 bridgehead atoms. The Morgan fingerprint density at radius 1 is 1.50 bits per heavy atom. The minimum Gasteiger partial charge on any atom is -0.463 e. The van der Waals surface area contributed by atoms with Crippen LogP contribution >= 0.6 is 0 Å². The Balaban J connectivity index is 2.65. The van der Waals surface area contributed by atoms with Gasteiger partial charge in [-0.15, -0.1) is 0 Å². The SMILES string of the molecule is CCOC(=O)/C(C)=C/C(C)=C/[C@@]1(C)O[C@@H]1C. The summed E-state index contributed by atoms with van der Waals surface area (Å²) in [5.41, 5.74) is 1.49. The second-order valence-corrected chi connectivity index (χ2v) is 4.38. The average molecular weight is 224 g/mol. The minimum absolute atomic E-state index is 0.157. The molecule has 0 saturated carbocycles. The molecule has 3 heteroatoms. The lowest BCUT2D eigenvalue weighted by atomic mass is 10.0. The van der Waals surface area contributed by atoms with Crippen LogP contribution in [0.1, 0.15) is 34.6 Å². The van der Waals surface area contributed by atoms with Gasteiger partial charge in [-0.3, -0.25) is 0 Å². The van der Waals surface area contributed by atoms with Crippen molar-refractivity contribution in [2.75, 3.05) is 6.61 Å². The number of epoxide rings is 1. The van der Waals surface area contributed by atoms with Crippen LogP contribution in [-0.4, -0.2) is 24.3 Å². The van der Waals surface area contributed by atoms with Gasteiger partial charge >= 0.3 is 5.97 Å². The quantitative estimate of drug-likeness (QED) is 0.319. The lowest BCUT2D eigenvalue weighted by Crippen LogP contribution is -2.06. The van der Waals surface area contributed by atoms with Crippen LogP contribution in [0.5, 0.6) is 0 Å². The number of carbonyl (C=O) groups excluding carboxylic acids is 1. The number of carbonyl (C=O) groups is 1. The molecule has 0 aliphatic carbocycles. The van der Waals surface area contributed by atoms with Gasteiger partial charge in [-0.25, -0.2) is 4.79 Å². The van der Waals surface area contributed by atoms with E-state index in [9.17, 15) is 4.79 Å². The zero-order valence-electron chi connectivity index (χ0n) is 10.7. The number of ether oxygens (including phenoxy) is 2. The van der Waals surface area contributed by atoms with Crippen molar-refractivity contribution in [1.29, 1.82) is 0 Å². The summed E-state index contributed by atoms with van der Waals surface area (Å²) in [4.78, 5) is 11.4. The maximum atomic E-state index is 11.4. The third-order valence-electron chi connectivity index (χ3n) is 2.74. The number of rotatable bonds is 4. The zero-order chi connectivity index (χ0) is 12.3. The Hall–Kier alpha value is -1.09. The van der Waals surface area contributed by atoms with Crippen molar-refractivity contribution in [3.05, 3.63) is 23.3 Å². The summed E-state index contributed by atoms with van der Waals surface area (Å²) >= 11 is 0. The highest BCUT2D eigenvalue weighted by Crippen LogP contribution is 2.37. The molecule has 1 rings (SSSR count). The predicted octanol–water partition coefficient (Wildman–Crippen LogP) is 2.62. The lowest BCUT2D eigenvalue weighted by molar-refractivity contribution is -0.138. The summed E-state index contributed by atoms with van der Waals surface area (Å²) < 4.78 is 10.3. The summed E-state index contributed by atoms with van der Waals surface area (Å²) in [6.45, 7) is 10.00. The van der Waals surface area contributed by atoms with E-state index in [1.165, 1.54) is 0 Å². The Morgan fingerprint density at radius 3 is 2.50 bits per heavy atom. The Kier molecular flexibility index (Phi) is 3.92. The molecule has 3 nitrogen and oxygen atoms in total. The molecule has 0 radical (unpaired) electrons. The van der Waals surface area contributed by atoms with E-state index in [0.717, 1.165) is 5.57 Å². The smallest absolute Gasteiger partial charge is 0.333 e. The second kappa shape index (κ2) is 4.83. The maximum absolute atomic E-state index is 11.4. The fraction of sp³-hybridized carbons (Fsp3) is 0.615. The second-order valence-electron chi connectivity index (χ2n) is 4.38. The van der Waals surface area contributed by atoms with Crippen LogP contribution in [0, 0.1) is 0 Å². The van der Waals surface area contributed by atoms with Gasteiger partial charge in [-0.05, 0) is 46.8 Å². The van der Waals surface area contributed by atoms with Crippen LogP contribution in [-0.2, 0) is 14.3 Å². The molecule has 1 fully saturated rings. The molecule has 0 aromatic carbocycles. The Morgan fingerprint density at radius 2 is 2.06 bits per heavy atom. The highest BCUT2D eigenvalue weighted by Gasteiger charge is 2.46. The Bertz CT molecular complexity index is 341. The van der Waals surface area contributed by atoms with Crippen molar-refractivity contribution in [2.24, 2.45) is 0 Å². The van der Waals surface area contributed by atoms with Crippen LogP contribution in [0.15, 0.2) is 23.3 Å². The molecule has 0 spiro atoms. The molecule has 0 N–H and O–H groups in total. The van der Waals surface area contributed by atoms with E-state index in [0.29, 0.717) is 12.2 Å². The van der Waals surface area contributed by atoms with Crippen LogP contribution in [0.4, 0.5) is 0 Å². The molecule has 1 saturated heterocycles. The van der Waals surface area contributed by atoms with Gasteiger partial charge in [-0.1, -0.05) is 5.57 Å². The molecule has 1 aliphatic heterocycles. The van der Waals surface area contributed by atoms with Crippen molar-refractivity contribution in [2.45, 2.75) is 46.3 Å². The number of allylic oxidation sites excluding steroid dienone is 2. The molecule has 90 valence electrons. The summed E-state index contributed by atoms with van der Waals surface area (Å²) in [6.07, 6.45) is 4.14. The van der Waals surface area contributed by atoms with Gasteiger partial charge in [0.05, 0.1) is 12.7 Å². The van der Waals surface area contributed by atoms with Crippen molar-refractivity contribution >= 4 is 5.97 Å². The van der Waals surface area contributed by atoms with Crippen LogP contribution < -0.4 is 0 Å². The predicted molar refractivity (Wildman–Crippen MR) is 63.1 cm³/mol. The largest absolute Gasteiger partial charge is 0.463 e. The van der Waals surface area contributed by atoms with E-state index in [4.69, 9.17) is 9.47 Å². The van der Waals surface area contributed by atoms with Crippen molar-refractivity contribution in [1.82, 2.24) is 0 Å². The van der Waals surface area contributed by atoms with Crippen molar-refractivity contribution < 1.29 is 14.3 Å². The monoisotopic (exact) mass is 224 g/mol. The van der Waals surface area contributed by atoms with Gasteiger partial charge in [-0.2, -0.15) is 0 Å². The Labute approximate surface area is 97.1 Å². The molecular formula is C13H20O3. The van der Waals surface area contributed by atoms with Crippen molar-refractivity contribution in [3.63, 3.8) is 0 Å². The topological polar surface area (TPSA) is 38.8 Å². The van der Waals surface area contributed by atoms with Gasteiger partial charge in [0.2, 0.25) is 0 Å². The normalized spacial score (nSPS) is 30.2. The number of hydrogen-bond acceptors (Lipinski definition) is 3.